The first kappa shape index (κ1) is 14.7. The van der Waals surface area contributed by atoms with Gasteiger partial charge in [0.15, 0.2) is 12.0 Å². The van der Waals surface area contributed by atoms with Gasteiger partial charge in [0.25, 0.3) is 0 Å². The molecule has 1 aromatic rings. The van der Waals surface area contributed by atoms with Crippen LogP contribution in [0.4, 0.5) is 5.82 Å². The molecule has 2 saturated heterocycles. The van der Waals surface area contributed by atoms with Crippen molar-refractivity contribution in [1.82, 2.24) is 9.55 Å². The summed E-state index contributed by atoms with van der Waals surface area (Å²) < 4.78 is 18.4. The fourth-order valence-corrected chi connectivity index (χ4v) is 2.82. The molecule has 3 heterocycles. The molecule has 2 fully saturated rings. The van der Waals surface area contributed by atoms with Gasteiger partial charge in [0.2, 0.25) is 0 Å². The van der Waals surface area contributed by atoms with Crippen LogP contribution < -0.4 is 11.4 Å². The Morgan fingerprint density at radius 2 is 2.14 bits per heavy atom. The van der Waals surface area contributed by atoms with Gasteiger partial charge in [0, 0.05) is 6.20 Å². The van der Waals surface area contributed by atoms with Crippen molar-refractivity contribution in [3.05, 3.63) is 21.7 Å². The lowest BCUT2D eigenvalue weighted by molar-refractivity contribution is -0.200. The van der Waals surface area contributed by atoms with Crippen LogP contribution in [-0.4, -0.2) is 45.4 Å². The molecular weight excluding hydrogens is 302 g/mol. The molecule has 0 bridgehead atoms. The molecule has 0 aliphatic carbocycles. The highest BCUT2D eigenvalue weighted by molar-refractivity contribution is 6.32. The summed E-state index contributed by atoms with van der Waals surface area (Å²) in [5, 5.41) is 9.55. The Hall–Kier alpha value is -1.19. The van der Waals surface area contributed by atoms with E-state index in [0.717, 1.165) is 0 Å². The Bertz CT molecular complexity index is 619. The predicted octanol–water partition coefficient (Wildman–Crippen LogP) is -0.111. The van der Waals surface area contributed by atoms with E-state index in [1.807, 2.05) is 0 Å². The Kier molecular flexibility index (Phi) is 3.45. The lowest BCUT2D eigenvalue weighted by atomic mass is 10.1. The quantitative estimate of drug-likeness (QED) is 0.783. The number of rotatable bonds is 2. The predicted molar refractivity (Wildman–Crippen MR) is 72.7 cm³/mol. The minimum absolute atomic E-state index is 0.0462. The molecule has 0 radical (unpaired) electrons. The monoisotopic (exact) mass is 317 g/mol. The fourth-order valence-electron chi connectivity index (χ4n) is 2.67. The van der Waals surface area contributed by atoms with Gasteiger partial charge in [-0.15, -0.1) is 0 Å². The van der Waals surface area contributed by atoms with E-state index in [1.165, 1.54) is 10.8 Å². The van der Waals surface area contributed by atoms with Crippen molar-refractivity contribution in [2.75, 3.05) is 12.3 Å². The number of halogens is 1. The molecule has 9 heteroatoms. The van der Waals surface area contributed by atoms with E-state index in [0.29, 0.717) is 0 Å². The highest BCUT2D eigenvalue weighted by atomic mass is 35.5. The molecule has 8 nitrogen and oxygen atoms in total. The first-order valence-corrected chi connectivity index (χ1v) is 6.86. The summed E-state index contributed by atoms with van der Waals surface area (Å²) in [6.07, 6.45) is -1.05. The zero-order valence-electron chi connectivity index (χ0n) is 11.5. The summed E-state index contributed by atoms with van der Waals surface area (Å²) in [4.78, 5) is 15.6. The minimum Gasteiger partial charge on any atom is -0.394 e. The highest BCUT2D eigenvalue weighted by Crippen LogP contribution is 2.42. The van der Waals surface area contributed by atoms with Gasteiger partial charge in [0.1, 0.15) is 24.1 Å². The number of nitrogens with two attached hydrogens (primary N) is 1. The van der Waals surface area contributed by atoms with Crippen molar-refractivity contribution in [2.24, 2.45) is 0 Å². The second kappa shape index (κ2) is 4.92. The minimum atomic E-state index is -0.820. The number of hydrogen-bond acceptors (Lipinski definition) is 7. The molecule has 3 rings (SSSR count). The molecule has 116 valence electrons. The van der Waals surface area contributed by atoms with Crippen LogP contribution in [0.25, 0.3) is 0 Å². The largest absolute Gasteiger partial charge is 0.394 e. The normalized spacial score (nSPS) is 34.1. The number of ether oxygens (including phenoxy) is 3. The first-order chi connectivity index (χ1) is 9.82. The summed E-state index contributed by atoms with van der Waals surface area (Å²) in [7, 11) is 0. The first-order valence-electron chi connectivity index (χ1n) is 6.48. The number of aliphatic hydroxyl groups is 1. The average molecular weight is 318 g/mol. The molecular formula is C12H16ClN3O5. The Morgan fingerprint density at radius 3 is 2.81 bits per heavy atom. The summed E-state index contributed by atoms with van der Waals surface area (Å²) >= 11 is 5.91. The van der Waals surface area contributed by atoms with Gasteiger partial charge in [-0.3, -0.25) is 4.57 Å². The van der Waals surface area contributed by atoms with Crippen LogP contribution in [0.2, 0.25) is 5.02 Å². The van der Waals surface area contributed by atoms with Crippen LogP contribution in [0.1, 0.15) is 20.1 Å². The number of nitrogens with zero attached hydrogens (tertiary/aromatic N) is 2. The van der Waals surface area contributed by atoms with Gasteiger partial charge in [-0.2, -0.15) is 4.98 Å². The van der Waals surface area contributed by atoms with E-state index in [4.69, 9.17) is 31.5 Å². The van der Waals surface area contributed by atoms with Crippen LogP contribution in [-0.2, 0) is 14.2 Å². The maximum atomic E-state index is 12.0. The van der Waals surface area contributed by atoms with Crippen molar-refractivity contribution in [3.8, 4) is 0 Å². The van der Waals surface area contributed by atoms with Crippen LogP contribution in [0, 0.1) is 0 Å². The molecule has 0 amide bonds. The number of nitrogen functional groups attached to an aromatic ring is 1. The van der Waals surface area contributed by atoms with Gasteiger partial charge in [-0.05, 0) is 13.8 Å². The number of anilines is 1. The van der Waals surface area contributed by atoms with Crippen molar-refractivity contribution < 1.29 is 19.3 Å². The van der Waals surface area contributed by atoms with E-state index < -0.39 is 36.0 Å². The highest BCUT2D eigenvalue weighted by Gasteiger charge is 2.55. The third-order valence-electron chi connectivity index (χ3n) is 3.51. The standard InChI is InChI=1S/C12H16ClN3O5/c1-12(2)20-7-6(4-17)19-10(8(7)21-12)16-3-5(13)9(14)15-11(16)18/h3,6-8,10,17H,4H2,1-2H3,(H2,14,15,18)/t6-,7+,8-,10-/m1/s1. The van der Waals surface area contributed by atoms with E-state index in [1.54, 1.807) is 13.8 Å². The molecule has 0 saturated carbocycles. The van der Waals surface area contributed by atoms with Gasteiger partial charge in [0.05, 0.1) is 11.6 Å². The van der Waals surface area contributed by atoms with Crippen LogP contribution in [0.5, 0.6) is 0 Å². The summed E-state index contributed by atoms with van der Waals surface area (Å²) in [5.74, 6) is -0.866. The molecule has 1 aromatic heterocycles. The Balaban J connectivity index is 1.99. The van der Waals surface area contributed by atoms with Gasteiger partial charge >= 0.3 is 5.69 Å². The average Bonchev–Trinajstić information content (AvgIpc) is 2.87. The molecule has 3 N–H and O–H groups in total. The van der Waals surface area contributed by atoms with Gasteiger partial charge in [-0.25, -0.2) is 4.79 Å². The SMILES string of the molecule is CC1(C)O[C@@H]2[C@@H](O1)[C@@H](CO)O[C@H]2n1cc(Cl)c(N)nc1=O. The number of fused-ring (bicyclic) bond motifs is 1. The van der Waals surface area contributed by atoms with E-state index in [-0.39, 0.29) is 17.4 Å². The molecule has 0 unspecified atom stereocenters. The van der Waals surface area contributed by atoms with Crippen LogP contribution in [0.3, 0.4) is 0 Å². The second-order valence-electron chi connectivity index (χ2n) is 5.48. The summed E-state index contributed by atoms with van der Waals surface area (Å²) in [6.45, 7) is 3.27. The van der Waals surface area contributed by atoms with Gasteiger partial charge < -0.3 is 25.1 Å². The Morgan fingerprint density at radius 1 is 1.48 bits per heavy atom. The molecule has 21 heavy (non-hydrogen) atoms. The third kappa shape index (κ3) is 2.43. The van der Waals surface area contributed by atoms with E-state index >= 15 is 0 Å². The molecule has 2 aliphatic rings. The van der Waals surface area contributed by atoms with Crippen LogP contribution in [0.15, 0.2) is 11.0 Å². The van der Waals surface area contributed by atoms with Crippen molar-refractivity contribution >= 4 is 17.4 Å². The zero-order chi connectivity index (χ0) is 15.4. The number of aromatic nitrogens is 2. The third-order valence-corrected chi connectivity index (χ3v) is 3.80. The maximum Gasteiger partial charge on any atom is 0.351 e. The second-order valence-corrected chi connectivity index (χ2v) is 5.88. The Labute approximate surface area is 125 Å². The van der Waals surface area contributed by atoms with Crippen molar-refractivity contribution in [1.29, 1.82) is 0 Å². The fraction of sp³-hybridized carbons (Fsp3) is 0.667. The van der Waals surface area contributed by atoms with E-state index in [2.05, 4.69) is 4.98 Å². The van der Waals surface area contributed by atoms with Crippen molar-refractivity contribution in [3.63, 3.8) is 0 Å². The zero-order valence-corrected chi connectivity index (χ0v) is 12.3. The maximum absolute atomic E-state index is 12.0. The molecule has 4 atom stereocenters. The van der Waals surface area contributed by atoms with E-state index in [9.17, 15) is 9.90 Å². The summed E-state index contributed by atoms with van der Waals surface area (Å²) in [5.41, 5.74) is 4.89. The molecule has 0 spiro atoms. The molecule has 0 aromatic carbocycles. The summed E-state index contributed by atoms with van der Waals surface area (Å²) in [6, 6.07) is 0. The molecule has 2 aliphatic heterocycles. The lowest BCUT2D eigenvalue weighted by Gasteiger charge is -2.24. The lowest BCUT2D eigenvalue weighted by Crippen LogP contribution is -2.35. The van der Waals surface area contributed by atoms with Crippen LogP contribution >= 0.6 is 11.6 Å². The van der Waals surface area contributed by atoms with Crippen molar-refractivity contribution in [2.45, 2.75) is 44.2 Å². The smallest absolute Gasteiger partial charge is 0.351 e. The number of hydrogen-bond donors (Lipinski definition) is 2. The number of aliphatic hydroxyl groups excluding tert-OH is 1. The topological polar surface area (TPSA) is 109 Å². The van der Waals surface area contributed by atoms with Gasteiger partial charge in [-0.1, -0.05) is 11.6 Å².